The van der Waals surface area contributed by atoms with Gasteiger partial charge in [-0.3, -0.25) is 4.72 Å². The topological polar surface area (TPSA) is 46.2 Å². The number of hydrogen-bond acceptors (Lipinski definition) is 2. The second kappa shape index (κ2) is 6.52. The first kappa shape index (κ1) is 15.9. The van der Waals surface area contributed by atoms with Gasteiger partial charge in [-0.1, -0.05) is 41.4 Å². The average molecular weight is 342 g/mol. The number of halogens is 2. The van der Waals surface area contributed by atoms with Crippen molar-refractivity contribution in [2.75, 3.05) is 4.72 Å². The second-order valence-electron chi connectivity index (χ2n) is 4.46. The van der Waals surface area contributed by atoms with Crippen molar-refractivity contribution in [2.45, 2.75) is 6.92 Å². The smallest absolute Gasteiger partial charge is 0.255 e. The SMILES string of the molecule is Cc1ccc(Cl)cc1NS(=O)(=O)/C=C/c1ccc(Cl)cc1. The molecule has 0 unspecified atom stereocenters. The first-order chi connectivity index (χ1) is 9.85. The van der Waals surface area contributed by atoms with Gasteiger partial charge in [0.05, 0.1) is 11.1 Å². The molecule has 1 N–H and O–H groups in total. The molecule has 0 amide bonds. The highest BCUT2D eigenvalue weighted by molar-refractivity contribution is 7.95. The first-order valence-corrected chi connectivity index (χ1v) is 8.38. The molecule has 0 radical (unpaired) electrons. The summed E-state index contributed by atoms with van der Waals surface area (Å²) in [7, 11) is -3.60. The van der Waals surface area contributed by atoms with E-state index in [1.165, 1.54) is 6.08 Å². The van der Waals surface area contributed by atoms with E-state index in [-0.39, 0.29) is 0 Å². The minimum atomic E-state index is -3.60. The van der Waals surface area contributed by atoms with Gasteiger partial charge < -0.3 is 0 Å². The predicted octanol–water partition coefficient (Wildman–Crippen LogP) is 4.71. The van der Waals surface area contributed by atoms with E-state index in [4.69, 9.17) is 23.2 Å². The van der Waals surface area contributed by atoms with Crippen molar-refractivity contribution in [3.63, 3.8) is 0 Å². The molecule has 21 heavy (non-hydrogen) atoms. The fourth-order valence-electron chi connectivity index (χ4n) is 1.63. The molecule has 3 nitrogen and oxygen atoms in total. The number of anilines is 1. The molecule has 6 heteroatoms. The Morgan fingerprint density at radius 3 is 2.29 bits per heavy atom. The van der Waals surface area contributed by atoms with Crippen LogP contribution < -0.4 is 4.72 Å². The Balaban J connectivity index is 2.18. The molecule has 0 aliphatic rings. The lowest BCUT2D eigenvalue weighted by atomic mass is 10.2. The Morgan fingerprint density at radius 2 is 1.62 bits per heavy atom. The van der Waals surface area contributed by atoms with Gasteiger partial charge in [-0.15, -0.1) is 0 Å². The molecule has 0 saturated carbocycles. The molecule has 0 aliphatic heterocycles. The number of hydrogen-bond donors (Lipinski definition) is 1. The maximum absolute atomic E-state index is 12.0. The lowest BCUT2D eigenvalue weighted by Crippen LogP contribution is -2.09. The molecule has 0 heterocycles. The molecular formula is C15H13Cl2NO2S. The molecular weight excluding hydrogens is 329 g/mol. The molecule has 0 fully saturated rings. The van der Waals surface area contributed by atoms with Crippen LogP contribution in [0.15, 0.2) is 47.9 Å². The maximum Gasteiger partial charge on any atom is 0.255 e. The monoisotopic (exact) mass is 341 g/mol. The molecule has 2 aromatic rings. The summed E-state index contributed by atoms with van der Waals surface area (Å²) in [6, 6.07) is 11.9. The summed E-state index contributed by atoms with van der Waals surface area (Å²) in [6.45, 7) is 1.80. The zero-order chi connectivity index (χ0) is 15.5. The summed E-state index contributed by atoms with van der Waals surface area (Å²) in [5.74, 6) is 0. The van der Waals surface area contributed by atoms with E-state index >= 15 is 0 Å². The lowest BCUT2D eigenvalue weighted by Gasteiger charge is -2.08. The summed E-state index contributed by atoms with van der Waals surface area (Å²) in [4.78, 5) is 0. The van der Waals surface area contributed by atoms with Crippen molar-refractivity contribution in [1.82, 2.24) is 0 Å². The third-order valence-electron chi connectivity index (χ3n) is 2.76. The van der Waals surface area contributed by atoms with E-state index in [0.717, 1.165) is 16.5 Å². The van der Waals surface area contributed by atoms with Gasteiger partial charge in [0.15, 0.2) is 0 Å². The molecule has 0 aromatic heterocycles. The molecule has 0 atom stereocenters. The van der Waals surface area contributed by atoms with Crippen LogP contribution in [0.3, 0.4) is 0 Å². The van der Waals surface area contributed by atoms with Gasteiger partial charge >= 0.3 is 0 Å². The van der Waals surface area contributed by atoms with E-state index in [1.54, 1.807) is 49.4 Å². The molecule has 0 spiro atoms. The Kier molecular flexibility index (Phi) is 4.93. The third-order valence-corrected chi connectivity index (χ3v) is 4.25. The Bertz CT molecular complexity index is 769. The van der Waals surface area contributed by atoms with Crippen LogP contribution >= 0.6 is 23.2 Å². The summed E-state index contributed by atoms with van der Waals surface area (Å²) in [6.07, 6.45) is 1.50. The largest absolute Gasteiger partial charge is 0.280 e. The number of aryl methyl sites for hydroxylation is 1. The van der Waals surface area contributed by atoms with Crippen molar-refractivity contribution in [3.8, 4) is 0 Å². The van der Waals surface area contributed by atoms with Crippen molar-refractivity contribution in [1.29, 1.82) is 0 Å². The number of sulfonamides is 1. The fraction of sp³-hybridized carbons (Fsp3) is 0.0667. The first-order valence-electron chi connectivity index (χ1n) is 6.08. The average Bonchev–Trinajstić information content (AvgIpc) is 2.42. The second-order valence-corrected chi connectivity index (χ2v) is 6.90. The number of rotatable bonds is 4. The van der Waals surface area contributed by atoms with Gasteiger partial charge in [0.1, 0.15) is 0 Å². The Morgan fingerprint density at radius 1 is 1.00 bits per heavy atom. The standard InChI is InChI=1S/C15H13Cl2NO2S/c1-11-2-5-14(17)10-15(11)18-21(19,20)9-8-12-3-6-13(16)7-4-12/h2-10,18H,1H3/b9-8+. The quantitative estimate of drug-likeness (QED) is 0.874. The highest BCUT2D eigenvalue weighted by Crippen LogP contribution is 2.21. The number of nitrogens with one attached hydrogen (secondary N) is 1. The lowest BCUT2D eigenvalue weighted by molar-refractivity contribution is 0.609. The molecule has 110 valence electrons. The normalized spacial score (nSPS) is 11.8. The molecule has 0 saturated heterocycles. The van der Waals surface area contributed by atoms with Crippen LogP contribution in [0.1, 0.15) is 11.1 Å². The van der Waals surface area contributed by atoms with Gasteiger partial charge in [-0.25, -0.2) is 8.42 Å². The van der Waals surface area contributed by atoms with E-state index in [0.29, 0.717) is 15.7 Å². The van der Waals surface area contributed by atoms with Gasteiger partial charge in [-0.05, 0) is 48.4 Å². The van der Waals surface area contributed by atoms with E-state index in [2.05, 4.69) is 4.72 Å². The predicted molar refractivity (Wildman–Crippen MR) is 89.2 cm³/mol. The highest BCUT2D eigenvalue weighted by Gasteiger charge is 2.08. The van der Waals surface area contributed by atoms with Crippen LogP contribution in [0.2, 0.25) is 10.0 Å². The van der Waals surface area contributed by atoms with Crippen molar-refractivity contribution < 1.29 is 8.42 Å². The van der Waals surface area contributed by atoms with Crippen molar-refractivity contribution >= 4 is 45.0 Å². The van der Waals surface area contributed by atoms with Crippen LogP contribution in [-0.4, -0.2) is 8.42 Å². The van der Waals surface area contributed by atoms with Crippen LogP contribution in [0.5, 0.6) is 0 Å². The van der Waals surface area contributed by atoms with Crippen LogP contribution in [0, 0.1) is 6.92 Å². The van der Waals surface area contributed by atoms with Crippen molar-refractivity contribution in [3.05, 3.63) is 69.0 Å². The summed E-state index contributed by atoms with van der Waals surface area (Å²) < 4.78 is 26.6. The van der Waals surface area contributed by atoms with E-state index in [1.807, 2.05) is 0 Å². The summed E-state index contributed by atoms with van der Waals surface area (Å²) in [5, 5.41) is 2.18. The zero-order valence-corrected chi connectivity index (χ0v) is 13.5. The molecule has 0 aliphatic carbocycles. The third kappa shape index (κ3) is 4.77. The highest BCUT2D eigenvalue weighted by atomic mass is 35.5. The van der Waals surface area contributed by atoms with Gasteiger partial charge in [0.25, 0.3) is 10.0 Å². The molecule has 2 rings (SSSR count). The zero-order valence-electron chi connectivity index (χ0n) is 11.2. The molecule has 2 aromatic carbocycles. The van der Waals surface area contributed by atoms with Crippen molar-refractivity contribution in [2.24, 2.45) is 0 Å². The summed E-state index contributed by atoms with van der Waals surface area (Å²) >= 11 is 11.6. The minimum Gasteiger partial charge on any atom is -0.280 e. The van der Waals surface area contributed by atoms with Gasteiger partial charge in [-0.2, -0.15) is 0 Å². The molecule has 0 bridgehead atoms. The van der Waals surface area contributed by atoms with Gasteiger partial charge in [0.2, 0.25) is 0 Å². The number of benzene rings is 2. The van der Waals surface area contributed by atoms with Crippen LogP contribution in [-0.2, 0) is 10.0 Å². The Labute approximate surface area is 134 Å². The van der Waals surface area contributed by atoms with E-state index < -0.39 is 10.0 Å². The Hall–Kier alpha value is -1.49. The fourth-order valence-corrected chi connectivity index (χ4v) is 2.86. The summed E-state index contributed by atoms with van der Waals surface area (Å²) in [5.41, 5.74) is 2.00. The minimum absolute atomic E-state index is 0.461. The maximum atomic E-state index is 12.0. The van der Waals surface area contributed by atoms with Crippen LogP contribution in [0.25, 0.3) is 6.08 Å². The van der Waals surface area contributed by atoms with Gasteiger partial charge in [0, 0.05) is 10.0 Å². The van der Waals surface area contributed by atoms with Crippen LogP contribution in [0.4, 0.5) is 5.69 Å². The van der Waals surface area contributed by atoms with E-state index in [9.17, 15) is 8.42 Å².